The van der Waals surface area contributed by atoms with E-state index in [0.717, 1.165) is 18.5 Å². The Morgan fingerprint density at radius 3 is 2.50 bits per heavy atom. The van der Waals surface area contributed by atoms with Gasteiger partial charge in [0.2, 0.25) is 0 Å². The van der Waals surface area contributed by atoms with E-state index in [2.05, 4.69) is 57.5 Å². The molecular weight excluding hydrogens is 403 g/mol. The summed E-state index contributed by atoms with van der Waals surface area (Å²) in [6, 6.07) is 8.40. The fourth-order valence-electron chi connectivity index (χ4n) is 2.20. The van der Waals surface area contributed by atoms with Gasteiger partial charge in [0.1, 0.15) is 0 Å². The zero-order chi connectivity index (χ0) is 14.3. The van der Waals surface area contributed by atoms with Gasteiger partial charge < -0.3 is 6.42 Å². The Balaban J connectivity index is 0.00000115. The summed E-state index contributed by atoms with van der Waals surface area (Å²) in [5, 5.41) is 0. The predicted octanol–water partition coefficient (Wildman–Crippen LogP) is 5.84. The normalized spacial score (nSPS) is 20.1. The molecule has 1 nitrogen and oxygen atoms in total. The third kappa shape index (κ3) is 5.87. The molecule has 1 saturated carbocycles. The Hall–Kier alpha value is 0.149. The van der Waals surface area contributed by atoms with Crippen molar-refractivity contribution < 1.29 is 46.9 Å². The van der Waals surface area contributed by atoms with Crippen LogP contribution < -0.4 is 0 Å². The van der Waals surface area contributed by atoms with Gasteiger partial charge in [-0.3, -0.25) is 4.99 Å². The number of nitrogens with zero attached hydrogens (tertiary/aromatic N) is 1. The first-order valence-electron chi connectivity index (χ1n) is 7.32. The monoisotopic (exact) mass is 430 g/mol. The van der Waals surface area contributed by atoms with Crippen LogP contribution >= 0.6 is 0 Å². The molecule has 0 radical (unpaired) electrons. The third-order valence-electron chi connectivity index (χ3n) is 3.35. The van der Waals surface area contributed by atoms with Crippen LogP contribution in [-0.2, 0) is 0 Å². The average molecular weight is 429 g/mol. The average Bonchev–Trinajstić information content (AvgIpc) is 2.86. The molecule has 20 heavy (non-hydrogen) atoms. The van der Waals surface area contributed by atoms with Gasteiger partial charge in [-0.2, -0.15) is 5.92 Å². The van der Waals surface area contributed by atoms with Crippen LogP contribution in [0.5, 0.6) is 0 Å². The second-order valence-corrected chi connectivity index (χ2v) is 4.79. The summed E-state index contributed by atoms with van der Waals surface area (Å²) < 4.78 is 0. The molecule has 1 atom stereocenters. The second-order valence-electron chi connectivity index (χ2n) is 4.79. The van der Waals surface area contributed by atoms with E-state index in [1.54, 1.807) is 0 Å². The smallest absolute Gasteiger partial charge is 0.0702 e. The summed E-state index contributed by atoms with van der Waals surface area (Å²) in [6.45, 7) is 10.5. The Kier molecular flexibility index (Phi) is 10.9. The van der Waals surface area contributed by atoms with Crippen LogP contribution in [0, 0.1) is 59.3 Å². The predicted molar refractivity (Wildman–Crippen MR) is 86.9 cm³/mol. The minimum Gasteiger partial charge on any atom is -0.320 e. The molecule has 0 heterocycles. The quantitative estimate of drug-likeness (QED) is 0.524. The number of aliphatic imine (C=N–C) groups is 1. The molecule has 1 fully saturated rings. The number of allylic oxidation sites excluding steroid dienone is 2. The van der Waals surface area contributed by atoms with E-state index in [0.29, 0.717) is 5.92 Å². The largest absolute Gasteiger partial charge is 0.320 e. The molecule has 1 aromatic carbocycles. The van der Waals surface area contributed by atoms with Gasteiger partial charge in [-0.15, -0.1) is 6.42 Å². The molecule has 0 spiro atoms. The van der Waals surface area contributed by atoms with E-state index < -0.39 is 0 Å². The van der Waals surface area contributed by atoms with Crippen molar-refractivity contribution in [3.05, 3.63) is 42.3 Å². The first-order chi connectivity index (χ1) is 9.20. The van der Waals surface area contributed by atoms with Crippen molar-refractivity contribution in [2.75, 3.05) is 0 Å². The molecule has 0 aliphatic heterocycles. The van der Waals surface area contributed by atoms with Gasteiger partial charge in [0, 0.05) is 52.5 Å². The van der Waals surface area contributed by atoms with Crippen molar-refractivity contribution in [3.8, 4) is 0 Å². The minimum atomic E-state index is 0. The van der Waals surface area contributed by atoms with Gasteiger partial charge >= 0.3 is 0 Å². The summed E-state index contributed by atoms with van der Waals surface area (Å²) in [4.78, 5) is 4.82. The molecule has 0 aromatic heterocycles. The van der Waals surface area contributed by atoms with Gasteiger partial charge in [0.15, 0.2) is 0 Å². The summed E-state index contributed by atoms with van der Waals surface area (Å²) in [5.74, 6) is 0.684. The van der Waals surface area contributed by atoms with Gasteiger partial charge in [0.25, 0.3) is 0 Å². The van der Waals surface area contributed by atoms with Gasteiger partial charge in [-0.25, -0.2) is 0 Å². The number of para-hydroxylation sites is 1. The fourth-order valence-corrected chi connectivity index (χ4v) is 2.20. The molecule has 0 bridgehead atoms. The Bertz CT molecular complexity index is 460. The fraction of sp³-hybridized carbons (Fsp3) is 0.444. The second kappa shape index (κ2) is 10.8. The number of benzene rings is 1. The molecule has 1 unspecified atom stereocenters. The summed E-state index contributed by atoms with van der Waals surface area (Å²) >= 11 is 0. The van der Waals surface area contributed by atoms with E-state index in [9.17, 15) is 0 Å². The summed E-state index contributed by atoms with van der Waals surface area (Å²) in [6.07, 6.45) is 6.65. The first-order valence-corrected chi connectivity index (χ1v) is 7.32. The van der Waals surface area contributed by atoms with Crippen LogP contribution in [0.25, 0.3) is 5.57 Å². The van der Waals surface area contributed by atoms with E-state index >= 15 is 0 Å². The van der Waals surface area contributed by atoms with Crippen LogP contribution in [-0.4, -0.2) is 5.71 Å². The van der Waals surface area contributed by atoms with Crippen molar-refractivity contribution in [3.63, 3.8) is 0 Å². The molecule has 0 saturated heterocycles. The zero-order valence-corrected chi connectivity index (χ0v) is 14.9. The number of hydrogen-bond donors (Lipinski definition) is 0. The zero-order valence-electron chi connectivity index (χ0n) is 13.2. The van der Waals surface area contributed by atoms with Crippen LogP contribution in [0.15, 0.2) is 35.3 Å². The minimum absolute atomic E-state index is 0. The Morgan fingerprint density at radius 1 is 1.30 bits per heavy atom. The molecule has 2 heteroatoms. The van der Waals surface area contributed by atoms with E-state index in [1.165, 1.54) is 16.8 Å². The molecule has 1 aliphatic rings. The SMILES string of the molecule is CC.CC=C(C)c1ccccc1N=C1C[CH-]C(C)C1.[Yb]. The van der Waals surface area contributed by atoms with Crippen LogP contribution in [0.4, 0.5) is 5.69 Å². The Labute approximate surface area is 163 Å². The van der Waals surface area contributed by atoms with Crippen molar-refractivity contribution in [2.24, 2.45) is 10.9 Å². The molecule has 0 amide bonds. The van der Waals surface area contributed by atoms with E-state index in [-0.39, 0.29) is 46.9 Å². The first kappa shape index (κ1) is 20.1. The summed E-state index contributed by atoms with van der Waals surface area (Å²) in [7, 11) is 0. The molecule has 0 N–H and O–H groups in total. The van der Waals surface area contributed by atoms with Crippen molar-refractivity contribution in [2.45, 2.75) is 47.5 Å². The maximum atomic E-state index is 4.82. The topological polar surface area (TPSA) is 12.4 Å². The van der Waals surface area contributed by atoms with Crippen LogP contribution in [0.3, 0.4) is 0 Å². The summed E-state index contributed by atoms with van der Waals surface area (Å²) in [5.41, 5.74) is 4.97. The maximum absolute atomic E-state index is 4.82. The van der Waals surface area contributed by atoms with Crippen LogP contribution in [0.2, 0.25) is 0 Å². The van der Waals surface area contributed by atoms with E-state index in [4.69, 9.17) is 4.99 Å². The standard InChI is InChI=1S/C16H20N.C2H6.Yb/c1-4-13(3)15-7-5-6-8-16(15)17-14-10-9-12(2)11-14;1-2;/h4-9,12H,10-11H2,1-3H3;1-2H3;/q-1;;. The van der Waals surface area contributed by atoms with Crippen molar-refractivity contribution in [1.82, 2.24) is 0 Å². The van der Waals surface area contributed by atoms with Crippen LogP contribution in [0.1, 0.15) is 53.0 Å². The molecule has 118 valence electrons. The maximum Gasteiger partial charge on any atom is 0.0702 e. The van der Waals surface area contributed by atoms with Crippen molar-refractivity contribution in [1.29, 1.82) is 0 Å². The molecule has 2 rings (SSSR count). The third-order valence-corrected chi connectivity index (χ3v) is 3.35. The van der Waals surface area contributed by atoms with E-state index in [1.807, 2.05) is 13.8 Å². The van der Waals surface area contributed by atoms with Gasteiger partial charge in [-0.1, -0.05) is 45.0 Å². The van der Waals surface area contributed by atoms with Crippen molar-refractivity contribution >= 4 is 17.0 Å². The molecular formula is C18H26NYb-. The van der Waals surface area contributed by atoms with Gasteiger partial charge in [-0.05, 0) is 37.6 Å². The molecule has 1 aliphatic carbocycles. The number of hydrogen-bond acceptors (Lipinski definition) is 1. The number of rotatable bonds is 2. The van der Waals surface area contributed by atoms with Gasteiger partial charge in [0.05, 0.1) is 5.69 Å². The molecule has 1 aromatic rings. The Morgan fingerprint density at radius 2 is 1.95 bits per heavy atom.